The van der Waals surface area contributed by atoms with E-state index in [1.165, 1.54) is 0 Å². The van der Waals surface area contributed by atoms with Gasteiger partial charge < -0.3 is 15.2 Å². The molecule has 1 amide bonds. The zero-order chi connectivity index (χ0) is 16.0. The first kappa shape index (κ1) is 17.7. The molecule has 1 heterocycles. The third kappa shape index (κ3) is 3.64. The van der Waals surface area contributed by atoms with Crippen molar-refractivity contribution >= 4 is 5.91 Å². The van der Waals surface area contributed by atoms with Crippen LogP contribution in [-0.2, 0) is 6.42 Å². The van der Waals surface area contributed by atoms with Crippen LogP contribution in [0.25, 0.3) is 0 Å². The summed E-state index contributed by atoms with van der Waals surface area (Å²) in [4.78, 5) is 12.4. The van der Waals surface area contributed by atoms with Crippen molar-refractivity contribution in [3.05, 3.63) is 17.0 Å². The molecule has 1 aromatic heterocycles. The van der Waals surface area contributed by atoms with E-state index in [1.807, 2.05) is 20.9 Å². The molecule has 0 fully saturated rings. The summed E-state index contributed by atoms with van der Waals surface area (Å²) in [5.74, 6) is 0.631. The van der Waals surface area contributed by atoms with Crippen LogP contribution in [0.5, 0.6) is 0 Å². The summed E-state index contributed by atoms with van der Waals surface area (Å²) >= 11 is 0. The highest BCUT2D eigenvalue weighted by molar-refractivity contribution is 5.93. The standard InChI is InChI=1S/C16H29N3O2/c1-7-13-11(4)14(19-21-13)15(20)18-12(5)16(8-2,9-3)10-17-6/h12,17H,7-10H2,1-6H3,(H,18,20). The second-order valence-corrected chi connectivity index (χ2v) is 5.73. The number of aromatic nitrogens is 1. The number of aryl methyl sites for hydroxylation is 1. The molecule has 21 heavy (non-hydrogen) atoms. The number of carbonyl (C=O) groups excluding carboxylic acids is 1. The van der Waals surface area contributed by atoms with Crippen molar-refractivity contribution in [2.45, 2.75) is 59.9 Å². The second-order valence-electron chi connectivity index (χ2n) is 5.73. The first-order chi connectivity index (χ1) is 9.95. The highest BCUT2D eigenvalue weighted by atomic mass is 16.5. The third-order valence-corrected chi connectivity index (χ3v) is 4.76. The van der Waals surface area contributed by atoms with Crippen molar-refractivity contribution in [1.82, 2.24) is 15.8 Å². The van der Waals surface area contributed by atoms with Crippen LogP contribution in [0.1, 0.15) is 62.3 Å². The Balaban J connectivity index is 2.87. The molecule has 0 radical (unpaired) electrons. The van der Waals surface area contributed by atoms with Crippen molar-refractivity contribution in [3.63, 3.8) is 0 Å². The van der Waals surface area contributed by atoms with Gasteiger partial charge in [-0.25, -0.2) is 0 Å². The summed E-state index contributed by atoms with van der Waals surface area (Å²) in [5.41, 5.74) is 1.30. The number of carbonyl (C=O) groups is 1. The number of hydrogen-bond acceptors (Lipinski definition) is 4. The van der Waals surface area contributed by atoms with Crippen LogP contribution in [0.15, 0.2) is 4.52 Å². The first-order valence-corrected chi connectivity index (χ1v) is 7.86. The van der Waals surface area contributed by atoms with Gasteiger partial charge in [0.15, 0.2) is 5.69 Å². The average Bonchev–Trinajstić information content (AvgIpc) is 2.85. The minimum Gasteiger partial charge on any atom is -0.360 e. The Morgan fingerprint density at radius 3 is 2.38 bits per heavy atom. The van der Waals surface area contributed by atoms with Gasteiger partial charge in [-0.05, 0) is 33.7 Å². The monoisotopic (exact) mass is 295 g/mol. The fourth-order valence-corrected chi connectivity index (χ4v) is 2.95. The Morgan fingerprint density at radius 2 is 1.95 bits per heavy atom. The topological polar surface area (TPSA) is 67.2 Å². The van der Waals surface area contributed by atoms with E-state index < -0.39 is 0 Å². The quantitative estimate of drug-likeness (QED) is 0.774. The largest absolute Gasteiger partial charge is 0.360 e. The summed E-state index contributed by atoms with van der Waals surface area (Å²) in [5, 5.41) is 10.3. The Bertz CT molecular complexity index is 464. The fraction of sp³-hybridized carbons (Fsp3) is 0.750. The maximum Gasteiger partial charge on any atom is 0.273 e. The molecular formula is C16H29N3O2. The predicted octanol–water partition coefficient (Wildman–Crippen LogP) is 2.69. The lowest BCUT2D eigenvalue weighted by Gasteiger charge is -2.38. The maximum atomic E-state index is 12.4. The molecule has 0 saturated heterocycles. The van der Waals surface area contributed by atoms with Crippen LogP contribution in [0.4, 0.5) is 0 Å². The van der Waals surface area contributed by atoms with Gasteiger partial charge in [-0.3, -0.25) is 4.79 Å². The van der Waals surface area contributed by atoms with Crippen molar-refractivity contribution in [2.75, 3.05) is 13.6 Å². The third-order valence-electron chi connectivity index (χ3n) is 4.76. The van der Waals surface area contributed by atoms with Crippen molar-refractivity contribution < 1.29 is 9.32 Å². The Morgan fingerprint density at radius 1 is 1.33 bits per heavy atom. The molecule has 5 heteroatoms. The summed E-state index contributed by atoms with van der Waals surface area (Å²) < 4.78 is 5.21. The second kappa shape index (κ2) is 7.59. The van der Waals surface area contributed by atoms with Gasteiger partial charge in [-0.1, -0.05) is 25.9 Å². The smallest absolute Gasteiger partial charge is 0.273 e. The van der Waals surface area contributed by atoms with Gasteiger partial charge in [0.05, 0.1) is 0 Å². The van der Waals surface area contributed by atoms with Gasteiger partial charge in [-0.2, -0.15) is 0 Å². The van der Waals surface area contributed by atoms with E-state index in [2.05, 4.69) is 36.6 Å². The van der Waals surface area contributed by atoms with Crippen LogP contribution in [0.2, 0.25) is 0 Å². The highest BCUT2D eigenvalue weighted by Gasteiger charge is 2.34. The molecule has 2 N–H and O–H groups in total. The first-order valence-electron chi connectivity index (χ1n) is 7.86. The molecule has 1 unspecified atom stereocenters. The van der Waals surface area contributed by atoms with Crippen LogP contribution in [0.3, 0.4) is 0 Å². The summed E-state index contributed by atoms with van der Waals surface area (Å²) in [7, 11) is 1.95. The number of nitrogens with one attached hydrogen (secondary N) is 2. The van der Waals surface area contributed by atoms with Crippen molar-refractivity contribution in [3.8, 4) is 0 Å². The molecule has 0 saturated carbocycles. The summed E-state index contributed by atoms with van der Waals surface area (Å²) in [6, 6.07) is 0.0635. The molecule has 0 aliphatic carbocycles. The van der Waals surface area contributed by atoms with Crippen LogP contribution in [0, 0.1) is 12.3 Å². The summed E-state index contributed by atoms with van der Waals surface area (Å²) in [6.07, 6.45) is 2.75. The number of amides is 1. The van der Waals surface area contributed by atoms with Gasteiger partial charge in [0.2, 0.25) is 0 Å². The molecule has 0 aliphatic rings. The van der Waals surface area contributed by atoms with Gasteiger partial charge in [-0.15, -0.1) is 0 Å². The van der Waals surface area contributed by atoms with Crippen molar-refractivity contribution in [1.29, 1.82) is 0 Å². The van der Waals surface area contributed by atoms with Crippen LogP contribution < -0.4 is 10.6 Å². The summed E-state index contributed by atoms with van der Waals surface area (Å²) in [6.45, 7) is 11.2. The zero-order valence-corrected chi connectivity index (χ0v) is 14.2. The molecule has 0 aromatic carbocycles. The van der Waals surface area contributed by atoms with Gasteiger partial charge in [0.25, 0.3) is 5.91 Å². The number of nitrogens with zero attached hydrogens (tertiary/aromatic N) is 1. The minimum absolute atomic E-state index is 0.0512. The minimum atomic E-state index is -0.147. The van der Waals surface area contributed by atoms with E-state index in [4.69, 9.17) is 4.52 Å². The zero-order valence-electron chi connectivity index (χ0n) is 14.2. The Kier molecular flexibility index (Phi) is 6.40. The van der Waals surface area contributed by atoms with E-state index in [1.54, 1.807) is 0 Å². The lowest BCUT2D eigenvalue weighted by molar-refractivity contribution is 0.0865. The fourth-order valence-electron chi connectivity index (χ4n) is 2.95. The molecule has 1 atom stereocenters. The van der Waals surface area contributed by atoms with Gasteiger partial charge >= 0.3 is 0 Å². The molecule has 5 nitrogen and oxygen atoms in total. The SMILES string of the molecule is CCc1onc(C(=O)NC(C)C(CC)(CC)CNC)c1C. The normalized spacial score (nSPS) is 13.2. The Hall–Kier alpha value is -1.36. The molecular weight excluding hydrogens is 266 g/mol. The van der Waals surface area contributed by atoms with Crippen LogP contribution >= 0.6 is 0 Å². The van der Waals surface area contributed by atoms with E-state index >= 15 is 0 Å². The van der Waals surface area contributed by atoms with E-state index in [9.17, 15) is 4.79 Å². The van der Waals surface area contributed by atoms with Crippen LogP contribution in [-0.4, -0.2) is 30.7 Å². The lowest BCUT2D eigenvalue weighted by atomic mass is 9.76. The Labute approximate surface area is 127 Å². The van der Waals surface area contributed by atoms with Gasteiger partial charge in [0.1, 0.15) is 5.76 Å². The highest BCUT2D eigenvalue weighted by Crippen LogP contribution is 2.30. The molecule has 0 aliphatic heterocycles. The van der Waals surface area contributed by atoms with E-state index in [0.29, 0.717) is 5.69 Å². The lowest BCUT2D eigenvalue weighted by Crippen LogP contribution is -2.50. The maximum absolute atomic E-state index is 12.4. The molecule has 0 spiro atoms. The average molecular weight is 295 g/mol. The van der Waals surface area contributed by atoms with Crippen molar-refractivity contribution in [2.24, 2.45) is 5.41 Å². The van der Waals surface area contributed by atoms with E-state index in [0.717, 1.165) is 37.1 Å². The number of hydrogen-bond donors (Lipinski definition) is 2. The molecule has 120 valence electrons. The van der Waals surface area contributed by atoms with E-state index in [-0.39, 0.29) is 17.4 Å². The molecule has 0 bridgehead atoms. The molecule has 1 rings (SSSR count). The number of rotatable bonds is 8. The predicted molar refractivity (Wildman–Crippen MR) is 84.5 cm³/mol. The molecule has 1 aromatic rings. The van der Waals surface area contributed by atoms with Gasteiger partial charge in [0, 0.05) is 30.0 Å².